The summed E-state index contributed by atoms with van der Waals surface area (Å²) in [6, 6.07) is 0. The van der Waals surface area contributed by atoms with Crippen LogP contribution in [0.1, 0.15) is 33.1 Å². The van der Waals surface area contributed by atoms with Gasteiger partial charge in [0, 0.05) is 5.75 Å². The highest BCUT2D eigenvalue weighted by atomic mass is 33.1. The molecule has 0 aliphatic carbocycles. The lowest BCUT2D eigenvalue weighted by molar-refractivity contribution is 0.609. The van der Waals surface area contributed by atoms with Crippen molar-refractivity contribution in [1.82, 2.24) is 0 Å². The molecule has 11 heavy (non-hydrogen) atoms. The van der Waals surface area contributed by atoms with E-state index in [1.165, 1.54) is 0 Å². The maximum Gasteiger partial charge on any atom is 0.201 e. The zero-order chi connectivity index (χ0) is 8.74. The Bertz CT molecular complexity index is 173. The summed E-state index contributed by atoms with van der Waals surface area (Å²) in [5, 5.41) is 0. The van der Waals surface area contributed by atoms with Crippen LogP contribution in [0.4, 0.5) is 0 Å². The van der Waals surface area contributed by atoms with Gasteiger partial charge in [0.2, 0.25) is 8.87 Å². The largest absolute Gasteiger partial charge is 0.217 e. The molecule has 0 heterocycles. The van der Waals surface area contributed by atoms with Crippen molar-refractivity contribution in [2.24, 2.45) is 0 Å². The first kappa shape index (κ1) is 11.3. The van der Waals surface area contributed by atoms with Crippen molar-refractivity contribution in [2.75, 3.05) is 11.5 Å². The van der Waals surface area contributed by atoms with E-state index in [2.05, 4.69) is 6.92 Å². The topological polar surface area (TPSA) is 34.1 Å². The van der Waals surface area contributed by atoms with Crippen LogP contribution < -0.4 is 0 Å². The van der Waals surface area contributed by atoms with E-state index in [-0.39, 0.29) is 0 Å². The number of hydrogen-bond acceptors (Lipinski definition) is 3. The van der Waals surface area contributed by atoms with Crippen molar-refractivity contribution in [3.63, 3.8) is 0 Å². The Morgan fingerprint density at radius 1 is 1.18 bits per heavy atom. The van der Waals surface area contributed by atoms with Gasteiger partial charge in [-0.25, -0.2) is 8.42 Å². The van der Waals surface area contributed by atoms with Gasteiger partial charge in [-0.3, -0.25) is 0 Å². The SMILES string of the molecule is CCCCSS(=O)(=O)CCC. The molecule has 0 radical (unpaired) electrons. The predicted molar refractivity (Wildman–Crippen MR) is 51.4 cm³/mol. The second-order valence-electron chi connectivity index (χ2n) is 2.44. The van der Waals surface area contributed by atoms with E-state index in [1.54, 1.807) is 0 Å². The van der Waals surface area contributed by atoms with Gasteiger partial charge in [0.25, 0.3) is 0 Å². The number of hydrogen-bond donors (Lipinski definition) is 0. The Morgan fingerprint density at radius 2 is 1.82 bits per heavy atom. The molecule has 0 N–H and O–H groups in total. The summed E-state index contributed by atoms with van der Waals surface area (Å²) in [6.07, 6.45) is 2.78. The van der Waals surface area contributed by atoms with Crippen LogP contribution >= 0.6 is 10.8 Å². The summed E-state index contributed by atoms with van der Waals surface area (Å²) in [4.78, 5) is 0. The van der Waals surface area contributed by atoms with Crippen molar-refractivity contribution in [3.05, 3.63) is 0 Å². The van der Waals surface area contributed by atoms with Crippen molar-refractivity contribution < 1.29 is 8.42 Å². The van der Waals surface area contributed by atoms with Gasteiger partial charge in [-0.15, -0.1) is 0 Å². The summed E-state index contributed by atoms with van der Waals surface area (Å²) >= 11 is 0. The van der Waals surface area contributed by atoms with E-state index in [0.29, 0.717) is 5.75 Å². The fourth-order valence-electron chi connectivity index (χ4n) is 0.639. The van der Waals surface area contributed by atoms with Crippen LogP contribution in [0, 0.1) is 0 Å². The fraction of sp³-hybridized carbons (Fsp3) is 1.00. The van der Waals surface area contributed by atoms with E-state index in [9.17, 15) is 8.42 Å². The quantitative estimate of drug-likeness (QED) is 0.483. The summed E-state index contributed by atoms with van der Waals surface area (Å²) in [5.41, 5.74) is 0. The Labute approximate surface area is 73.1 Å². The molecule has 0 spiro atoms. The predicted octanol–water partition coefficient (Wildman–Crippen LogP) is 2.26. The minimum absolute atomic E-state index is 0.321. The van der Waals surface area contributed by atoms with E-state index < -0.39 is 8.87 Å². The first-order valence-corrected chi connectivity index (χ1v) is 7.15. The van der Waals surface area contributed by atoms with Gasteiger partial charge < -0.3 is 0 Å². The van der Waals surface area contributed by atoms with Crippen LogP contribution in [0.3, 0.4) is 0 Å². The van der Waals surface area contributed by atoms with Gasteiger partial charge in [0.05, 0.1) is 5.75 Å². The van der Waals surface area contributed by atoms with Gasteiger partial charge in [0.15, 0.2) is 0 Å². The molecule has 0 saturated heterocycles. The number of unbranched alkanes of at least 4 members (excludes halogenated alkanes) is 1. The van der Waals surface area contributed by atoms with Crippen LogP contribution in [0.25, 0.3) is 0 Å². The second-order valence-corrected chi connectivity index (χ2v) is 6.84. The molecule has 0 saturated carbocycles. The zero-order valence-corrected chi connectivity index (χ0v) is 8.80. The summed E-state index contributed by atoms with van der Waals surface area (Å²) in [6.45, 7) is 3.95. The molecule has 4 heteroatoms. The molecule has 0 aromatic carbocycles. The van der Waals surface area contributed by atoms with Crippen LogP contribution in [-0.4, -0.2) is 19.9 Å². The fourth-order valence-corrected chi connectivity index (χ4v) is 3.89. The highest BCUT2D eigenvalue weighted by molar-refractivity contribution is 8.72. The van der Waals surface area contributed by atoms with E-state index >= 15 is 0 Å². The van der Waals surface area contributed by atoms with Crippen LogP contribution in [-0.2, 0) is 8.87 Å². The van der Waals surface area contributed by atoms with E-state index in [0.717, 1.165) is 35.8 Å². The van der Waals surface area contributed by atoms with Crippen LogP contribution in [0.5, 0.6) is 0 Å². The third kappa shape index (κ3) is 6.69. The Hall–Kier alpha value is 0.300. The first-order chi connectivity index (χ1) is 5.12. The second kappa shape index (κ2) is 5.89. The lowest BCUT2D eigenvalue weighted by Gasteiger charge is -1.99. The zero-order valence-electron chi connectivity index (χ0n) is 7.17. The standard InChI is InChI=1S/C7H16O2S2/c1-3-5-6-10-11(8,9)7-4-2/h3-7H2,1-2H3. The molecule has 0 aromatic heterocycles. The molecule has 0 aliphatic rings. The molecule has 0 atom stereocenters. The smallest absolute Gasteiger partial charge is 0.201 e. The Balaban J connectivity index is 3.56. The molecule has 0 aliphatic heterocycles. The third-order valence-corrected chi connectivity index (χ3v) is 5.01. The first-order valence-electron chi connectivity index (χ1n) is 3.99. The average molecular weight is 196 g/mol. The maximum atomic E-state index is 11.1. The van der Waals surface area contributed by atoms with Crippen molar-refractivity contribution in [3.8, 4) is 0 Å². The van der Waals surface area contributed by atoms with Crippen LogP contribution in [0.15, 0.2) is 0 Å². The molecule has 0 bridgehead atoms. The van der Waals surface area contributed by atoms with Gasteiger partial charge in [0.1, 0.15) is 0 Å². The summed E-state index contributed by atoms with van der Waals surface area (Å²) < 4.78 is 22.1. The van der Waals surface area contributed by atoms with Gasteiger partial charge >= 0.3 is 0 Å². The molecule has 2 nitrogen and oxygen atoms in total. The molecular formula is C7H16O2S2. The molecular weight excluding hydrogens is 180 g/mol. The van der Waals surface area contributed by atoms with Gasteiger partial charge in [-0.1, -0.05) is 20.3 Å². The molecule has 0 unspecified atom stereocenters. The summed E-state index contributed by atoms with van der Waals surface area (Å²) in [5.74, 6) is 1.07. The van der Waals surface area contributed by atoms with E-state index in [4.69, 9.17) is 0 Å². The maximum absolute atomic E-state index is 11.1. The highest BCUT2D eigenvalue weighted by Gasteiger charge is 2.08. The van der Waals surface area contributed by atoms with Crippen molar-refractivity contribution in [1.29, 1.82) is 0 Å². The Morgan fingerprint density at radius 3 is 2.27 bits per heavy atom. The minimum atomic E-state index is -2.79. The molecule has 0 fully saturated rings. The lowest BCUT2D eigenvalue weighted by atomic mass is 10.4. The molecule has 0 aromatic rings. The third-order valence-electron chi connectivity index (χ3n) is 1.21. The lowest BCUT2D eigenvalue weighted by Crippen LogP contribution is -2.00. The molecule has 0 amide bonds. The molecule has 0 rings (SSSR count). The monoisotopic (exact) mass is 196 g/mol. The summed E-state index contributed by atoms with van der Waals surface area (Å²) in [7, 11) is -1.69. The van der Waals surface area contributed by atoms with Gasteiger partial charge in [-0.05, 0) is 23.6 Å². The minimum Gasteiger partial charge on any atom is -0.217 e. The number of rotatable bonds is 6. The van der Waals surface area contributed by atoms with Crippen LogP contribution in [0.2, 0.25) is 0 Å². The van der Waals surface area contributed by atoms with Gasteiger partial charge in [-0.2, -0.15) is 0 Å². The normalized spacial score (nSPS) is 11.8. The highest BCUT2D eigenvalue weighted by Crippen LogP contribution is 2.15. The average Bonchev–Trinajstić information content (AvgIpc) is 1.87. The Kier molecular flexibility index (Phi) is 6.05. The van der Waals surface area contributed by atoms with Crippen molar-refractivity contribution >= 4 is 19.7 Å². The molecule has 68 valence electrons. The van der Waals surface area contributed by atoms with Crippen molar-refractivity contribution in [2.45, 2.75) is 33.1 Å². The van der Waals surface area contributed by atoms with E-state index in [1.807, 2.05) is 6.92 Å².